The third kappa shape index (κ3) is 2.35. The molecule has 3 N–H and O–H groups in total. The number of carbonyl (C=O) groups is 2. The summed E-state index contributed by atoms with van der Waals surface area (Å²) in [5.41, 5.74) is 9.13. The van der Waals surface area contributed by atoms with Gasteiger partial charge < -0.3 is 15.8 Å². The lowest BCUT2D eigenvalue weighted by atomic mass is 9.89. The molecule has 1 aliphatic rings. The molecule has 2 aromatic rings. The quantitative estimate of drug-likeness (QED) is 0.913. The zero-order valence-electron chi connectivity index (χ0n) is 12.4. The smallest absolute Gasteiger partial charge is 0.252 e. The summed E-state index contributed by atoms with van der Waals surface area (Å²) in [7, 11) is 1.62. The van der Waals surface area contributed by atoms with Crippen molar-refractivity contribution in [3.63, 3.8) is 0 Å². The number of aryl methyl sites for hydroxylation is 1. The number of hydrogen-bond donors (Lipinski definition) is 2. The molecule has 6 heteroatoms. The van der Waals surface area contributed by atoms with Crippen LogP contribution < -0.4 is 15.8 Å². The largest absolute Gasteiger partial charge is 0.497 e. The van der Waals surface area contributed by atoms with E-state index < -0.39 is 5.91 Å². The van der Waals surface area contributed by atoms with Gasteiger partial charge in [-0.3, -0.25) is 9.59 Å². The maximum absolute atomic E-state index is 11.8. The topological polar surface area (TPSA) is 81.4 Å². The first-order valence-electron chi connectivity index (χ1n) is 6.91. The highest BCUT2D eigenvalue weighted by Crippen LogP contribution is 2.45. The second kappa shape index (κ2) is 5.46. The van der Waals surface area contributed by atoms with Crippen LogP contribution in [0.15, 0.2) is 18.2 Å². The first-order valence-corrected chi connectivity index (χ1v) is 7.73. The number of primary amides is 1. The first kappa shape index (κ1) is 14.6. The molecule has 0 saturated carbocycles. The van der Waals surface area contributed by atoms with Crippen LogP contribution in [-0.2, 0) is 17.6 Å². The predicted octanol–water partition coefficient (Wildman–Crippen LogP) is 2.58. The van der Waals surface area contributed by atoms with E-state index in [0.717, 1.165) is 34.6 Å². The lowest BCUT2D eigenvalue weighted by molar-refractivity contribution is -0.114. The fraction of sp³-hybridized carbons (Fsp3) is 0.250. The Hall–Kier alpha value is -2.34. The Bertz CT molecular complexity index is 780. The van der Waals surface area contributed by atoms with Crippen LogP contribution in [-0.4, -0.2) is 18.9 Å². The van der Waals surface area contributed by atoms with Gasteiger partial charge in [-0.15, -0.1) is 11.3 Å². The molecule has 1 heterocycles. The lowest BCUT2D eigenvalue weighted by Gasteiger charge is -2.17. The summed E-state index contributed by atoms with van der Waals surface area (Å²) >= 11 is 1.39. The van der Waals surface area contributed by atoms with Gasteiger partial charge in [0.1, 0.15) is 10.8 Å². The summed E-state index contributed by atoms with van der Waals surface area (Å²) in [4.78, 5) is 24.2. The number of fused-ring (bicyclic) bond motifs is 3. The standard InChI is InChI=1S/C16H16N2O3S/c1-8(19)18-16-13(15(17)20)11-6-4-9-3-5-10(21-2)7-12(9)14(11)22-16/h3,5,7H,4,6H2,1-2H3,(H2,17,20)(H,18,19). The fourth-order valence-electron chi connectivity index (χ4n) is 2.80. The molecule has 1 aromatic heterocycles. The molecule has 0 aliphatic heterocycles. The highest BCUT2D eigenvalue weighted by atomic mass is 32.1. The Labute approximate surface area is 132 Å². The molecule has 3 rings (SSSR count). The molecule has 0 unspecified atom stereocenters. The number of rotatable bonds is 3. The number of anilines is 1. The third-order valence-corrected chi connectivity index (χ3v) is 4.93. The number of amides is 2. The van der Waals surface area contributed by atoms with Crippen LogP contribution in [0.25, 0.3) is 10.4 Å². The lowest BCUT2D eigenvalue weighted by Crippen LogP contribution is -2.17. The van der Waals surface area contributed by atoms with Crippen LogP contribution in [0.3, 0.4) is 0 Å². The number of thiophene rings is 1. The van der Waals surface area contributed by atoms with E-state index in [1.165, 1.54) is 23.8 Å². The highest BCUT2D eigenvalue weighted by Gasteiger charge is 2.27. The van der Waals surface area contributed by atoms with Crippen molar-refractivity contribution >= 4 is 28.2 Å². The van der Waals surface area contributed by atoms with Gasteiger partial charge in [0.25, 0.3) is 5.91 Å². The summed E-state index contributed by atoms with van der Waals surface area (Å²) in [6, 6.07) is 5.94. The number of nitrogens with two attached hydrogens (primary N) is 1. The van der Waals surface area contributed by atoms with Gasteiger partial charge >= 0.3 is 0 Å². The monoisotopic (exact) mass is 316 g/mol. The van der Waals surface area contributed by atoms with Crippen molar-refractivity contribution in [2.75, 3.05) is 12.4 Å². The van der Waals surface area contributed by atoms with Gasteiger partial charge in [-0.25, -0.2) is 0 Å². The van der Waals surface area contributed by atoms with Crippen LogP contribution in [0.2, 0.25) is 0 Å². The summed E-state index contributed by atoms with van der Waals surface area (Å²) in [5, 5.41) is 3.25. The van der Waals surface area contributed by atoms with Crippen molar-refractivity contribution < 1.29 is 14.3 Å². The molecule has 0 fully saturated rings. The minimum Gasteiger partial charge on any atom is -0.497 e. The number of ether oxygens (including phenoxy) is 1. The SMILES string of the molecule is COc1ccc2c(c1)-c1sc(NC(C)=O)c(C(N)=O)c1CC2. The molecular weight excluding hydrogens is 300 g/mol. The molecule has 0 bridgehead atoms. The molecule has 0 radical (unpaired) electrons. The van der Waals surface area contributed by atoms with Gasteiger partial charge in [0.2, 0.25) is 5.91 Å². The molecule has 5 nitrogen and oxygen atoms in total. The van der Waals surface area contributed by atoms with Crippen molar-refractivity contribution in [3.8, 4) is 16.2 Å². The Morgan fingerprint density at radius 1 is 1.32 bits per heavy atom. The molecule has 0 atom stereocenters. The van der Waals surface area contributed by atoms with Gasteiger partial charge in [0, 0.05) is 11.8 Å². The Morgan fingerprint density at radius 2 is 2.09 bits per heavy atom. The Morgan fingerprint density at radius 3 is 2.73 bits per heavy atom. The van der Waals surface area contributed by atoms with E-state index in [1.54, 1.807) is 7.11 Å². The van der Waals surface area contributed by atoms with E-state index in [0.29, 0.717) is 10.6 Å². The van der Waals surface area contributed by atoms with Gasteiger partial charge in [0.05, 0.1) is 12.7 Å². The summed E-state index contributed by atoms with van der Waals surface area (Å²) in [6.07, 6.45) is 1.58. The second-order valence-electron chi connectivity index (χ2n) is 5.18. The minimum atomic E-state index is -0.507. The van der Waals surface area contributed by atoms with Gasteiger partial charge in [-0.2, -0.15) is 0 Å². The summed E-state index contributed by atoms with van der Waals surface area (Å²) < 4.78 is 5.29. The van der Waals surface area contributed by atoms with Crippen molar-refractivity contribution in [1.29, 1.82) is 0 Å². The van der Waals surface area contributed by atoms with E-state index in [9.17, 15) is 9.59 Å². The molecule has 0 saturated heterocycles. The van der Waals surface area contributed by atoms with Gasteiger partial charge in [-0.1, -0.05) is 6.07 Å². The number of methoxy groups -OCH3 is 1. The summed E-state index contributed by atoms with van der Waals surface area (Å²) in [5.74, 6) is 0.0428. The molecule has 2 amide bonds. The molecule has 1 aromatic carbocycles. The molecule has 114 valence electrons. The van der Waals surface area contributed by atoms with Crippen molar-refractivity contribution in [3.05, 3.63) is 34.9 Å². The molecule has 1 aliphatic carbocycles. The van der Waals surface area contributed by atoms with Crippen molar-refractivity contribution in [2.45, 2.75) is 19.8 Å². The van der Waals surface area contributed by atoms with Crippen molar-refractivity contribution in [2.24, 2.45) is 5.73 Å². The number of nitrogens with one attached hydrogen (secondary N) is 1. The number of carbonyl (C=O) groups excluding carboxylic acids is 2. The van der Waals surface area contributed by atoms with E-state index >= 15 is 0 Å². The van der Waals surface area contributed by atoms with Crippen LogP contribution in [0, 0.1) is 0 Å². The first-order chi connectivity index (χ1) is 10.5. The normalized spacial score (nSPS) is 12.3. The third-order valence-electron chi connectivity index (χ3n) is 3.75. The minimum absolute atomic E-state index is 0.216. The van der Waals surface area contributed by atoms with Crippen LogP contribution >= 0.6 is 11.3 Å². The molecular formula is C16H16N2O3S. The second-order valence-corrected chi connectivity index (χ2v) is 6.20. The zero-order chi connectivity index (χ0) is 15.9. The van der Waals surface area contributed by atoms with E-state index in [-0.39, 0.29) is 5.91 Å². The maximum atomic E-state index is 11.8. The van der Waals surface area contributed by atoms with Crippen LogP contribution in [0.4, 0.5) is 5.00 Å². The van der Waals surface area contributed by atoms with E-state index in [1.807, 2.05) is 18.2 Å². The average Bonchev–Trinajstić information content (AvgIpc) is 2.84. The fourth-order valence-corrected chi connectivity index (χ4v) is 4.15. The number of benzene rings is 1. The zero-order valence-corrected chi connectivity index (χ0v) is 13.2. The van der Waals surface area contributed by atoms with Crippen LogP contribution in [0.5, 0.6) is 5.75 Å². The Kier molecular flexibility index (Phi) is 3.62. The van der Waals surface area contributed by atoms with Crippen LogP contribution in [0.1, 0.15) is 28.4 Å². The van der Waals surface area contributed by atoms with Gasteiger partial charge in [0.15, 0.2) is 0 Å². The number of hydrogen-bond acceptors (Lipinski definition) is 4. The molecule has 22 heavy (non-hydrogen) atoms. The van der Waals surface area contributed by atoms with E-state index in [2.05, 4.69) is 5.32 Å². The highest BCUT2D eigenvalue weighted by molar-refractivity contribution is 7.20. The molecule has 0 spiro atoms. The summed E-state index contributed by atoms with van der Waals surface area (Å²) in [6.45, 7) is 1.42. The van der Waals surface area contributed by atoms with E-state index in [4.69, 9.17) is 10.5 Å². The maximum Gasteiger partial charge on any atom is 0.252 e. The predicted molar refractivity (Wildman–Crippen MR) is 86.5 cm³/mol. The average molecular weight is 316 g/mol. The van der Waals surface area contributed by atoms with Crippen molar-refractivity contribution in [1.82, 2.24) is 0 Å². The van der Waals surface area contributed by atoms with Gasteiger partial charge in [-0.05, 0) is 41.7 Å². The Balaban J connectivity index is 2.20.